The first-order valence-corrected chi connectivity index (χ1v) is 4.55. The van der Waals surface area contributed by atoms with E-state index in [1.807, 2.05) is 0 Å². The molecular weight excluding hydrogens is 220 g/mol. The van der Waals surface area contributed by atoms with Gasteiger partial charge in [0.1, 0.15) is 4.47 Å². The Bertz CT molecular complexity index is 299. The lowest BCUT2D eigenvalue weighted by Gasteiger charge is -2.14. The van der Waals surface area contributed by atoms with Crippen LogP contribution in [0.2, 0.25) is 0 Å². The number of hydrogen-bond donors (Lipinski definition) is 1. The molecule has 0 amide bonds. The van der Waals surface area contributed by atoms with Gasteiger partial charge in [0, 0.05) is 12.5 Å². The highest BCUT2D eigenvalue weighted by molar-refractivity contribution is 9.10. The standard InChI is InChI=1S/C8H13BrN2O/c1-8(2,3)6-5(9)7(12)11(4)10-6/h12H,1-4H3. The summed E-state index contributed by atoms with van der Waals surface area (Å²) in [5.74, 6) is 0.180. The molecule has 68 valence electrons. The zero-order valence-corrected chi connectivity index (χ0v) is 9.31. The molecule has 0 aromatic carbocycles. The van der Waals surface area contributed by atoms with Crippen LogP contribution < -0.4 is 0 Å². The van der Waals surface area contributed by atoms with E-state index < -0.39 is 0 Å². The number of hydrogen-bond acceptors (Lipinski definition) is 2. The van der Waals surface area contributed by atoms with Crippen LogP contribution in [0.5, 0.6) is 5.88 Å². The molecule has 0 unspecified atom stereocenters. The lowest BCUT2D eigenvalue weighted by molar-refractivity contribution is 0.416. The van der Waals surface area contributed by atoms with Crippen molar-refractivity contribution < 1.29 is 5.11 Å². The molecule has 4 heteroatoms. The molecule has 0 fully saturated rings. The smallest absolute Gasteiger partial charge is 0.224 e. The second-order valence-corrected chi connectivity index (χ2v) is 4.65. The molecule has 1 N–H and O–H groups in total. The van der Waals surface area contributed by atoms with Crippen LogP contribution in [0.3, 0.4) is 0 Å². The average Bonchev–Trinajstić information content (AvgIpc) is 2.15. The minimum atomic E-state index is -0.0441. The molecule has 0 atom stereocenters. The van der Waals surface area contributed by atoms with Crippen molar-refractivity contribution in [1.82, 2.24) is 9.78 Å². The maximum Gasteiger partial charge on any atom is 0.224 e. The summed E-state index contributed by atoms with van der Waals surface area (Å²) >= 11 is 3.30. The highest BCUT2D eigenvalue weighted by Crippen LogP contribution is 2.34. The van der Waals surface area contributed by atoms with Crippen molar-refractivity contribution in [3.05, 3.63) is 10.2 Å². The van der Waals surface area contributed by atoms with Crippen molar-refractivity contribution in [3.8, 4) is 5.88 Å². The Balaban J connectivity index is 3.28. The Hall–Kier alpha value is -0.510. The SMILES string of the molecule is Cn1nc(C(C)(C)C)c(Br)c1O. The highest BCUT2D eigenvalue weighted by Gasteiger charge is 2.24. The monoisotopic (exact) mass is 232 g/mol. The van der Waals surface area contributed by atoms with Crippen molar-refractivity contribution in [1.29, 1.82) is 0 Å². The molecule has 0 aliphatic heterocycles. The van der Waals surface area contributed by atoms with Gasteiger partial charge >= 0.3 is 0 Å². The fourth-order valence-corrected chi connectivity index (χ4v) is 1.90. The van der Waals surface area contributed by atoms with Gasteiger partial charge in [0.25, 0.3) is 0 Å². The van der Waals surface area contributed by atoms with E-state index in [9.17, 15) is 5.11 Å². The Morgan fingerprint density at radius 1 is 1.42 bits per heavy atom. The summed E-state index contributed by atoms with van der Waals surface area (Å²) in [5.41, 5.74) is 0.833. The Morgan fingerprint density at radius 3 is 2.08 bits per heavy atom. The van der Waals surface area contributed by atoms with Crippen molar-refractivity contribution in [3.63, 3.8) is 0 Å². The maximum absolute atomic E-state index is 9.44. The minimum Gasteiger partial charge on any atom is -0.493 e. The third-order valence-electron chi connectivity index (χ3n) is 1.67. The Labute approximate surface area is 80.5 Å². The van der Waals surface area contributed by atoms with Crippen molar-refractivity contribution in [2.45, 2.75) is 26.2 Å². The van der Waals surface area contributed by atoms with Gasteiger partial charge in [-0.2, -0.15) is 5.10 Å². The van der Waals surface area contributed by atoms with Crippen LogP contribution in [0.4, 0.5) is 0 Å². The first-order valence-electron chi connectivity index (χ1n) is 3.76. The van der Waals surface area contributed by atoms with E-state index in [-0.39, 0.29) is 11.3 Å². The predicted molar refractivity (Wildman–Crippen MR) is 51.3 cm³/mol. The molecule has 0 saturated carbocycles. The zero-order chi connectivity index (χ0) is 9.52. The van der Waals surface area contributed by atoms with E-state index in [0.717, 1.165) is 5.69 Å². The van der Waals surface area contributed by atoms with E-state index in [2.05, 4.69) is 41.8 Å². The lowest BCUT2D eigenvalue weighted by atomic mass is 9.93. The van der Waals surface area contributed by atoms with Gasteiger partial charge in [-0.3, -0.25) is 0 Å². The summed E-state index contributed by atoms with van der Waals surface area (Å²) in [6.07, 6.45) is 0. The molecule has 1 aromatic heterocycles. The van der Waals surface area contributed by atoms with E-state index in [1.54, 1.807) is 7.05 Å². The zero-order valence-electron chi connectivity index (χ0n) is 7.72. The third-order valence-corrected chi connectivity index (χ3v) is 2.40. The molecule has 0 saturated heterocycles. The lowest BCUT2D eigenvalue weighted by Crippen LogP contribution is -2.13. The average molecular weight is 233 g/mol. The van der Waals surface area contributed by atoms with Crippen molar-refractivity contribution in [2.75, 3.05) is 0 Å². The van der Waals surface area contributed by atoms with Gasteiger partial charge in [-0.1, -0.05) is 20.8 Å². The molecule has 0 aliphatic carbocycles. The van der Waals surface area contributed by atoms with Crippen LogP contribution >= 0.6 is 15.9 Å². The molecule has 0 aliphatic rings. The maximum atomic E-state index is 9.44. The summed E-state index contributed by atoms with van der Waals surface area (Å²) < 4.78 is 2.16. The van der Waals surface area contributed by atoms with E-state index in [1.165, 1.54) is 4.68 Å². The molecule has 0 spiro atoms. The van der Waals surface area contributed by atoms with Gasteiger partial charge in [-0.15, -0.1) is 0 Å². The summed E-state index contributed by atoms with van der Waals surface area (Å²) in [6.45, 7) is 6.17. The summed E-state index contributed by atoms with van der Waals surface area (Å²) in [4.78, 5) is 0. The van der Waals surface area contributed by atoms with Crippen LogP contribution in [0.15, 0.2) is 4.47 Å². The van der Waals surface area contributed by atoms with Crippen LogP contribution in [0.1, 0.15) is 26.5 Å². The number of aromatic nitrogens is 2. The molecule has 3 nitrogen and oxygen atoms in total. The Morgan fingerprint density at radius 2 is 1.92 bits per heavy atom. The second kappa shape index (κ2) is 2.76. The van der Waals surface area contributed by atoms with Gasteiger partial charge in [0.05, 0.1) is 5.69 Å². The van der Waals surface area contributed by atoms with Gasteiger partial charge in [0.2, 0.25) is 5.88 Å². The quantitative estimate of drug-likeness (QED) is 0.745. The number of halogens is 1. The first-order chi connectivity index (χ1) is 5.34. The third kappa shape index (κ3) is 1.48. The van der Waals surface area contributed by atoms with Crippen LogP contribution in [-0.2, 0) is 12.5 Å². The van der Waals surface area contributed by atoms with E-state index in [0.29, 0.717) is 4.47 Å². The largest absolute Gasteiger partial charge is 0.493 e. The number of rotatable bonds is 0. The predicted octanol–water partition coefficient (Wildman–Crippen LogP) is 2.19. The fourth-order valence-electron chi connectivity index (χ4n) is 0.968. The van der Waals surface area contributed by atoms with E-state index >= 15 is 0 Å². The van der Waals surface area contributed by atoms with Crippen LogP contribution in [0, 0.1) is 0 Å². The molecule has 0 radical (unpaired) electrons. The van der Waals surface area contributed by atoms with Gasteiger partial charge < -0.3 is 5.11 Å². The number of aromatic hydroxyl groups is 1. The van der Waals surface area contributed by atoms with Crippen molar-refractivity contribution >= 4 is 15.9 Å². The second-order valence-electron chi connectivity index (χ2n) is 3.86. The highest BCUT2D eigenvalue weighted by atomic mass is 79.9. The Kier molecular flexibility index (Phi) is 2.21. The molecule has 1 rings (SSSR count). The molecule has 1 aromatic rings. The summed E-state index contributed by atoms with van der Waals surface area (Å²) in [7, 11) is 1.72. The normalized spacial score (nSPS) is 12.1. The minimum absolute atomic E-state index is 0.0441. The van der Waals surface area contributed by atoms with Crippen molar-refractivity contribution in [2.24, 2.45) is 7.05 Å². The summed E-state index contributed by atoms with van der Waals surface area (Å²) in [5, 5.41) is 13.6. The topological polar surface area (TPSA) is 38.0 Å². The van der Waals surface area contributed by atoms with Gasteiger partial charge in [-0.05, 0) is 15.9 Å². The van der Waals surface area contributed by atoms with Crippen LogP contribution in [-0.4, -0.2) is 14.9 Å². The number of aryl methyl sites for hydroxylation is 1. The molecular formula is C8H13BrN2O. The first kappa shape index (κ1) is 9.58. The molecule has 1 heterocycles. The summed E-state index contributed by atoms with van der Waals surface area (Å²) in [6, 6.07) is 0. The van der Waals surface area contributed by atoms with E-state index in [4.69, 9.17) is 0 Å². The van der Waals surface area contributed by atoms with Gasteiger partial charge in [-0.25, -0.2) is 4.68 Å². The van der Waals surface area contributed by atoms with Gasteiger partial charge in [0.15, 0.2) is 0 Å². The fraction of sp³-hybridized carbons (Fsp3) is 0.625. The van der Waals surface area contributed by atoms with Crippen LogP contribution in [0.25, 0.3) is 0 Å². The molecule has 0 bridgehead atoms. The molecule has 12 heavy (non-hydrogen) atoms. The number of nitrogens with zero attached hydrogens (tertiary/aromatic N) is 2.